The second-order valence-electron chi connectivity index (χ2n) is 2.83. The summed E-state index contributed by atoms with van der Waals surface area (Å²) in [5.41, 5.74) is 1.21. The van der Waals surface area contributed by atoms with E-state index in [-0.39, 0.29) is 11.8 Å². The molecule has 0 aliphatic carbocycles. The van der Waals surface area contributed by atoms with Gasteiger partial charge in [0.2, 0.25) is 0 Å². The maximum Gasteiger partial charge on any atom is 0.146 e. The zero-order valence-electron chi connectivity index (χ0n) is 6.31. The van der Waals surface area contributed by atoms with Crippen LogP contribution >= 0.6 is 0 Å². The molecular weight excluding hydrogens is 126 g/mol. The van der Waals surface area contributed by atoms with Crippen LogP contribution in [0.15, 0.2) is 12.2 Å². The van der Waals surface area contributed by atoms with Crippen molar-refractivity contribution < 1.29 is 4.79 Å². The Labute approximate surface area is 61.3 Å². The summed E-state index contributed by atoms with van der Waals surface area (Å²) in [4.78, 5) is 10.8. The summed E-state index contributed by atoms with van der Waals surface area (Å²) in [6.45, 7) is 6.27. The minimum atomic E-state index is 0.0884. The highest BCUT2D eigenvalue weighted by atomic mass is 16.1. The molecule has 1 fully saturated rings. The van der Waals surface area contributed by atoms with Gasteiger partial charge in [0.1, 0.15) is 5.78 Å². The van der Waals surface area contributed by atoms with Crippen LogP contribution in [0.2, 0.25) is 0 Å². The van der Waals surface area contributed by atoms with Gasteiger partial charge < -0.3 is 5.32 Å². The minimum absolute atomic E-state index is 0.0884. The maximum atomic E-state index is 10.8. The normalized spacial score (nSPS) is 26.5. The Morgan fingerprint density at radius 2 is 2.50 bits per heavy atom. The number of hydrogen-bond donors (Lipinski definition) is 1. The molecule has 2 heteroatoms. The molecule has 0 unspecified atom stereocenters. The van der Waals surface area contributed by atoms with Gasteiger partial charge in [-0.2, -0.15) is 0 Å². The molecule has 0 spiro atoms. The second kappa shape index (κ2) is 2.97. The fourth-order valence-corrected chi connectivity index (χ4v) is 1.15. The molecule has 0 aromatic carbocycles. The predicted octanol–water partition coefficient (Wildman–Crippen LogP) is 0.884. The lowest BCUT2D eigenvalue weighted by Crippen LogP contribution is -2.39. The first-order valence-electron chi connectivity index (χ1n) is 3.60. The highest BCUT2D eigenvalue weighted by molar-refractivity contribution is 5.81. The molecule has 1 heterocycles. The van der Waals surface area contributed by atoms with E-state index < -0.39 is 0 Å². The lowest BCUT2D eigenvalue weighted by atomic mass is 9.99. The van der Waals surface area contributed by atoms with Crippen LogP contribution in [0.4, 0.5) is 0 Å². The number of carbonyl (C=O) groups is 1. The van der Waals surface area contributed by atoms with Gasteiger partial charge in [0.25, 0.3) is 0 Å². The van der Waals surface area contributed by atoms with Crippen molar-refractivity contribution in [2.24, 2.45) is 0 Å². The molecule has 1 aliphatic rings. The van der Waals surface area contributed by atoms with Gasteiger partial charge in [-0.15, -0.1) is 0 Å². The van der Waals surface area contributed by atoms with E-state index in [2.05, 4.69) is 11.9 Å². The van der Waals surface area contributed by atoms with Crippen molar-refractivity contribution in [2.75, 3.05) is 6.54 Å². The molecule has 0 aromatic heterocycles. The molecule has 2 nitrogen and oxygen atoms in total. The van der Waals surface area contributed by atoms with E-state index in [0.29, 0.717) is 0 Å². The molecule has 0 bridgehead atoms. The van der Waals surface area contributed by atoms with Crippen molar-refractivity contribution >= 4 is 5.78 Å². The summed E-state index contributed by atoms with van der Waals surface area (Å²) in [5, 5.41) is 3.12. The summed E-state index contributed by atoms with van der Waals surface area (Å²) in [6.07, 6.45) is 1.92. The van der Waals surface area contributed by atoms with Crippen LogP contribution in [0.5, 0.6) is 0 Å². The van der Waals surface area contributed by atoms with E-state index in [4.69, 9.17) is 0 Å². The lowest BCUT2D eigenvalue weighted by molar-refractivity contribution is -0.119. The van der Waals surface area contributed by atoms with Gasteiger partial charge in [0.15, 0.2) is 0 Å². The summed E-state index contributed by atoms with van der Waals surface area (Å²) in [5.74, 6) is 0.243. The molecule has 1 rings (SSSR count). The lowest BCUT2D eigenvalue weighted by Gasteiger charge is -2.22. The first-order chi connectivity index (χ1) is 4.70. The van der Waals surface area contributed by atoms with Crippen molar-refractivity contribution in [3.8, 4) is 0 Å². The van der Waals surface area contributed by atoms with E-state index in [9.17, 15) is 4.79 Å². The molecule has 10 heavy (non-hydrogen) atoms. The topological polar surface area (TPSA) is 29.1 Å². The van der Waals surface area contributed by atoms with Crippen molar-refractivity contribution in [1.82, 2.24) is 5.32 Å². The number of ketones is 1. The van der Waals surface area contributed by atoms with Crippen LogP contribution in [-0.2, 0) is 4.79 Å². The monoisotopic (exact) mass is 139 g/mol. The highest BCUT2D eigenvalue weighted by Gasteiger charge is 2.17. The van der Waals surface area contributed by atoms with Gasteiger partial charge in [-0.1, -0.05) is 12.2 Å². The van der Waals surface area contributed by atoms with Gasteiger partial charge in [-0.05, 0) is 19.8 Å². The summed E-state index contributed by atoms with van der Waals surface area (Å²) >= 11 is 0. The third-order valence-electron chi connectivity index (χ3n) is 1.88. The van der Waals surface area contributed by atoms with Gasteiger partial charge in [0, 0.05) is 6.54 Å². The molecule has 56 valence electrons. The van der Waals surface area contributed by atoms with E-state index in [1.165, 1.54) is 5.57 Å². The second-order valence-corrected chi connectivity index (χ2v) is 2.83. The van der Waals surface area contributed by atoms with Crippen LogP contribution in [-0.4, -0.2) is 18.4 Å². The SMILES string of the molecule is C=C1CC[C@@H](C(C)=O)NC1. The minimum Gasteiger partial charge on any atom is -0.304 e. The molecule has 0 amide bonds. The number of Topliss-reactive ketones (excluding diaryl/α,β-unsaturated/α-hetero) is 1. The number of nitrogens with one attached hydrogen (secondary N) is 1. The number of hydrogen-bond acceptors (Lipinski definition) is 2. The maximum absolute atomic E-state index is 10.8. The molecule has 0 saturated carbocycles. The fourth-order valence-electron chi connectivity index (χ4n) is 1.15. The Morgan fingerprint density at radius 1 is 1.80 bits per heavy atom. The molecule has 0 aromatic rings. The van der Waals surface area contributed by atoms with E-state index in [1.54, 1.807) is 6.92 Å². The third kappa shape index (κ3) is 1.67. The Kier molecular flexibility index (Phi) is 2.22. The molecule has 1 aliphatic heterocycles. The van der Waals surface area contributed by atoms with Crippen LogP contribution in [0, 0.1) is 0 Å². The third-order valence-corrected chi connectivity index (χ3v) is 1.88. The Bertz CT molecular complexity index is 153. The molecule has 0 radical (unpaired) electrons. The largest absolute Gasteiger partial charge is 0.304 e. The van der Waals surface area contributed by atoms with Crippen molar-refractivity contribution in [1.29, 1.82) is 0 Å². The van der Waals surface area contributed by atoms with Crippen molar-refractivity contribution in [3.05, 3.63) is 12.2 Å². The summed E-state index contributed by atoms with van der Waals surface area (Å²) in [7, 11) is 0. The van der Waals surface area contributed by atoms with E-state index in [0.717, 1.165) is 19.4 Å². The average Bonchev–Trinajstić information content (AvgIpc) is 1.88. The van der Waals surface area contributed by atoms with Gasteiger partial charge >= 0.3 is 0 Å². The number of piperidine rings is 1. The average molecular weight is 139 g/mol. The van der Waals surface area contributed by atoms with Gasteiger partial charge in [0.05, 0.1) is 6.04 Å². The van der Waals surface area contributed by atoms with Crippen LogP contribution in [0.1, 0.15) is 19.8 Å². The molecular formula is C8H13NO. The summed E-state index contributed by atoms with van der Waals surface area (Å²) in [6, 6.07) is 0.0884. The van der Waals surface area contributed by atoms with Gasteiger partial charge in [-0.25, -0.2) is 0 Å². The van der Waals surface area contributed by atoms with Crippen molar-refractivity contribution in [3.63, 3.8) is 0 Å². The molecule has 1 N–H and O–H groups in total. The zero-order valence-corrected chi connectivity index (χ0v) is 6.31. The van der Waals surface area contributed by atoms with Crippen LogP contribution in [0.3, 0.4) is 0 Å². The van der Waals surface area contributed by atoms with E-state index >= 15 is 0 Å². The van der Waals surface area contributed by atoms with Crippen molar-refractivity contribution in [2.45, 2.75) is 25.8 Å². The first kappa shape index (κ1) is 7.48. The molecule has 1 saturated heterocycles. The highest BCUT2D eigenvalue weighted by Crippen LogP contribution is 2.11. The quantitative estimate of drug-likeness (QED) is 0.546. The smallest absolute Gasteiger partial charge is 0.146 e. The predicted molar refractivity (Wildman–Crippen MR) is 40.8 cm³/mol. The first-order valence-corrected chi connectivity index (χ1v) is 3.60. The Balaban J connectivity index is 2.40. The number of carbonyl (C=O) groups excluding carboxylic acids is 1. The summed E-state index contributed by atoms with van der Waals surface area (Å²) < 4.78 is 0. The van der Waals surface area contributed by atoms with Gasteiger partial charge in [-0.3, -0.25) is 4.79 Å². The van der Waals surface area contributed by atoms with E-state index in [1.807, 2.05) is 0 Å². The fraction of sp³-hybridized carbons (Fsp3) is 0.625. The standard InChI is InChI=1S/C8H13NO/c1-6-3-4-8(7(2)10)9-5-6/h8-9H,1,3-5H2,2H3/t8-/m0/s1. The Hall–Kier alpha value is -0.630. The Morgan fingerprint density at radius 3 is 2.90 bits per heavy atom. The molecule has 1 atom stereocenters. The number of rotatable bonds is 1. The van der Waals surface area contributed by atoms with Crippen LogP contribution < -0.4 is 5.32 Å². The van der Waals surface area contributed by atoms with Crippen LogP contribution in [0.25, 0.3) is 0 Å². The zero-order chi connectivity index (χ0) is 7.56.